The van der Waals surface area contributed by atoms with E-state index in [1.807, 2.05) is 6.07 Å². The van der Waals surface area contributed by atoms with Crippen molar-refractivity contribution in [1.29, 1.82) is 0 Å². The summed E-state index contributed by atoms with van der Waals surface area (Å²) in [5, 5.41) is 6.98. The third-order valence-corrected chi connectivity index (χ3v) is 4.25. The zero-order valence-electron chi connectivity index (χ0n) is 10.1. The Labute approximate surface area is 102 Å². The monoisotopic (exact) mass is 257 g/mol. The molecule has 1 fully saturated rings. The van der Waals surface area contributed by atoms with Crippen LogP contribution < -0.4 is 0 Å². The van der Waals surface area contributed by atoms with E-state index < -0.39 is 9.84 Å². The van der Waals surface area contributed by atoms with Crippen LogP contribution in [0.3, 0.4) is 0 Å². The first-order chi connectivity index (χ1) is 8.04. The number of nitrogens with one attached hydrogen (secondary N) is 1. The molecule has 5 nitrogen and oxygen atoms in total. The van der Waals surface area contributed by atoms with Crippen molar-refractivity contribution < 1.29 is 8.42 Å². The highest BCUT2D eigenvalue weighted by molar-refractivity contribution is 7.90. The van der Waals surface area contributed by atoms with Crippen molar-refractivity contribution in [2.24, 2.45) is 0 Å². The van der Waals surface area contributed by atoms with Gasteiger partial charge in [0.1, 0.15) is 9.84 Å². The van der Waals surface area contributed by atoms with Crippen LogP contribution in [0.2, 0.25) is 0 Å². The normalized spacial score (nSPS) is 19.6. The first-order valence-corrected chi connectivity index (χ1v) is 8.00. The largest absolute Gasteiger partial charge is 0.302 e. The van der Waals surface area contributed by atoms with Gasteiger partial charge < -0.3 is 4.90 Å². The SMILES string of the molecule is CS(=O)(=O)CCN1CCC(c2ccn[nH]2)CC1. The van der Waals surface area contributed by atoms with E-state index in [1.165, 1.54) is 11.9 Å². The molecule has 17 heavy (non-hydrogen) atoms. The number of sulfone groups is 1. The third kappa shape index (κ3) is 3.81. The summed E-state index contributed by atoms with van der Waals surface area (Å²) < 4.78 is 22.2. The van der Waals surface area contributed by atoms with Crippen LogP contribution >= 0.6 is 0 Å². The van der Waals surface area contributed by atoms with E-state index in [9.17, 15) is 8.42 Å². The van der Waals surface area contributed by atoms with E-state index in [2.05, 4.69) is 15.1 Å². The Balaban J connectivity index is 1.78. The summed E-state index contributed by atoms with van der Waals surface area (Å²) in [6.07, 6.45) is 5.23. The molecule has 0 aliphatic carbocycles. The molecule has 1 saturated heterocycles. The van der Waals surface area contributed by atoms with Crippen LogP contribution in [0.15, 0.2) is 12.3 Å². The zero-order chi connectivity index (χ0) is 12.3. The number of likely N-dealkylation sites (tertiary alicyclic amines) is 1. The molecular formula is C11H19N3O2S. The Morgan fingerprint density at radius 3 is 2.71 bits per heavy atom. The number of hydrogen-bond donors (Lipinski definition) is 1. The average Bonchev–Trinajstić information content (AvgIpc) is 2.79. The molecule has 0 amide bonds. The van der Waals surface area contributed by atoms with Gasteiger partial charge in [-0.15, -0.1) is 0 Å². The van der Waals surface area contributed by atoms with Gasteiger partial charge >= 0.3 is 0 Å². The summed E-state index contributed by atoms with van der Waals surface area (Å²) in [5.74, 6) is 0.814. The Morgan fingerprint density at radius 1 is 1.47 bits per heavy atom. The first kappa shape index (κ1) is 12.6. The fraction of sp³-hybridized carbons (Fsp3) is 0.727. The van der Waals surface area contributed by atoms with Crippen molar-refractivity contribution in [2.45, 2.75) is 18.8 Å². The minimum Gasteiger partial charge on any atom is -0.302 e. The Bertz CT molecular complexity index is 433. The van der Waals surface area contributed by atoms with Crippen LogP contribution in [-0.4, -0.2) is 55.2 Å². The maximum atomic E-state index is 11.1. The predicted molar refractivity (Wildman–Crippen MR) is 66.7 cm³/mol. The van der Waals surface area contributed by atoms with Gasteiger partial charge in [-0.2, -0.15) is 5.10 Å². The topological polar surface area (TPSA) is 66.1 Å². The molecule has 1 N–H and O–H groups in total. The first-order valence-electron chi connectivity index (χ1n) is 5.94. The van der Waals surface area contributed by atoms with Crippen molar-refractivity contribution in [3.05, 3.63) is 18.0 Å². The molecule has 0 bridgehead atoms. The smallest absolute Gasteiger partial charge is 0.148 e. The van der Waals surface area contributed by atoms with Crippen LogP contribution in [0.25, 0.3) is 0 Å². The van der Waals surface area contributed by atoms with Crippen LogP contribution in [-0.2, 0) is 9.84 Å². The van der Waals surface area contributed by atoms with Crippen molar-refractivity contribution >= 4 is 9.84 Å². The number of hydrogen-bond acceptors (Lipinski definition) is 4. The lowest BCUT2D eigenvalue weighted by Gasteiger charge is -2.31. The van der Waals surface area contributed by atoms with Gasteiger partial charge in [0.25, 0.3) is 0 Å². The Hall–Kier alpha value is -0.880. The molecule has 0 unspecified atom stereocenters. The van der Waals surface area contributed by atoms with Crippen LogP contribution in [0.4, 0.5) is 0 Å². The number of aromatic amines is 1. The van der Waals surface area contributed by atoms with Crippen LogP contribution in [0, 0.1) is 0 Å². The second-order valence-corrected chi connectivity index (χ2v) is 7.02. The lowest BCUT2D eigenvalue weighted by Crippen LogP contribution is -2.36. The van der Waals surface area contributed by atoms with Crippen molar-refractivity contribution in [2.75, 3.05) is 31.6 Å². The van der Waals surface area contributed by atoms with Crippen molar-refractivity contribution in [3.8, 4) is 0 Å². The standard InChI is InChI=1S/C11H19N3O2S/c1-17(15,16)9-8-14-6-3-10(4-7-14)11-2-5-12-13-11/h2,5,10H,3-4,6-9H2,1H3,(H,12,13). The average molecular weight is 257 g/mol. The summed E-state index contributed by atoms with van der Waals surface area (Å²) in [6, 6.07) is 2.02. The van der Waals surface area contributed by atoms with E-state index in [0.29, 0.717) is 12.5 Å². The molecule has 1 aliphatic rings. The number of H-pyrrole nitrogens is 1. The molecule has 0 spiro atoms. The quantitative estimate of drug-likeness (QED) is 0.859. The number of piperidine rings is 1. The van der Waals surface area contributed by atoms with E-state index in [-0.39, 0.29) is 5.75 Å². The second-order valence-electron chi connectivity index (χ2n) is 4.76. The zero-order valence-corrected chi connectivity index (χ0v) is 10.9. The third-order valence-electron chi connectivity index (χ3n) is 3.33. The van der Waals surface area contributed by atoms with Crippen molar-refractivity contribution in [1.82, 2.24) is 15.1 Å². The van der Waals surface area contributed by atoms with E-state index in [1.54, 1.807) is 6.20 Å². The van der Waals surface area contributed by atoms with Gasteiger partial charge in [-0.3, -0.25) is 5.10 Å². The summed E-state index contributed by atoms with van der Waals surface area (Å²) in [7, 11) is -2.84. The summed E-state index contributed by atoms with van der Waals surface area (Å²) in [4.78, 5) is 2.23. The Kier molecular flexibility index (Phi) is 3.83. The summed E-state index contributed by atoms with van der Waals surface area (Å²) in [6.45, 7) is 2.60. The maximum absolute atomic E-state index is 11.1. The molecule has 1 aliphatic heterocycles. The minimum absolute atomic E-state index is 0.266. The highest BCUT2D eigenvalue weighted by atomic mass is 32.2. The van der Waals surface area contributed by atoms with Crippen LogP contribution in [0.1, 0.15) is 24.5 Å². The predicted octanol–water partition coefficient (Wildman–Crippen LogP) is 0.634. The number of nitrogens with zero attached hydrogens (tertiary/aromatic N) is 2. The van der Waals surface area contributed by atoms with Gasteiger partial charge in [0, 0.05) is 30.6 Å². The minimum atomic E-state index is -2.84. The van der Waals surface area contributed by atoms with Gasteiger partial charge in [0.15, 0.2) is 0 Å². The van der Waals surface area contributed by atoms with Gasteiger partial charge in [0.2, 0.25) is 0 Å². The maximum Gasteiger partial charge on any atom is 0.148 e. The summed E-state index contributed by atoms with van der Waals surface area (Å²) >= 11 is 0. The lowest BCUT2D eigenvalue weighted by atomic mass is 9.94. The van der Waals surface area contributed by atoms with Gasteiger partial charge in [-0.1, -0.05) is 0 Å². The highest BCUT2D eigenvalue weighted by Gasteiger charge is 2.21. The lowest BCUT2D eigenvalue weighted by molar-refractivity contribution is 0.221. The molecule has 0 aromatic carbocycles. The molecule has 2 heterocycles. The highest BCUT2D eigenvalue weighted by Crippen LogP contribution is 2.25. The molecular weight excluding hydrogens is 238 g/mol. The second kappa shape index (κ2) is 5.18. The number of aromatic nitrogens is 2. The fourth-order valence-corrected chi connectivity index (χ4v) is 2.85. The molecule has 0 atom stereocenters. The van der Waals surface area contributed by atoms with E-state index in [4.69, 9.17) is 0 Å². The molecule has 2 rings (SSSR count). The van der Waals surface area contributed by atoms with Gasteiger partial charge in [0.05, 0.1) is 5.75 Å². The van der Waals surface area contributed by atoms with E-state index >= 15 is 0 Å². The Morgan fingerprint density at radius 2 is 2.18 bits per heavy atom. The number of rotatable bonds is 4. The molecule has 0 saturated carbocycles. The fourth-order valence-electron chi connectivity index (χ4n) is 2.26. The van der Waals surface area contributed by atoms with Crippen LogP contribution in [0.5, 0.6) is 0 Å². The molecule has 96 valence electrons. The molecule has 6 heteroatoms. The van der Waals surface area contributed by atoms with Crippen molar-refractivity contribution in [3.63, 3.8) is 0 Å². The van der Waals surface area contributed by atoms with E-state index in [0.717, 1.165) is 25.9 Å². The summed E-state index contributed by atoms with van der Waals surface area (Å²) in [5.41, 5.74) is 1.20. The molecule has 0 radical (unpaired) electrons. The molecule has 1 aromatic rings. The van der Waals surface area contributed by atoms with Gasteiger partial charge in [-0.25, -0.2) is 8.42 Å². The molecule has 1 aromatic heterocycles. The van der Waals surface area contributed by atoms with Gasteiger partial charge in [-0.05, 0) is 32.0 Å².